The fraction of sp³-hybridized carbons (Fsp3) is 0.533. The molecule has 0 aromatic carbocycles. The lowest BCUT2D eigenvalue weighted by Gasteiger charge is -2.23. The molecule has 12 nitrogen and oxygen atoms in total. The maximum atomic E-state index is 12.5. The molecule has 0 aliphatic rings. The summed E-state index contributed by atoms with van der Waals surface area (Å²) in [5.74, 6) is -3.64. The summed E-state index contributed by atoms with van der Waals surface area (Å²) in [5, 5.41) is 23.3. The molecule has 1 heterocycles. The Hall–Kier alpha value is -2.99. The summed E-state index contributed by atoms with van der Waals surface area (Å²) < 4.78 is 0. The molecule has 9 N–H and O–H groups in total. The Bertz CT molecular complexity index is 662. The Kier molecular flexibility index (Phi) is 8.35. The van der Waals surface area contributed by atoms with Crippen LogP contribution in [-0.4, -0.2) is 68.1 Å². The van der Waals surface area contributed by atoms with Gasteiger partial charge in [0, 0.05) is 24.7 Å². The molecule has 4 unspecified atom stereocenters. The highest BCUT2D eigenvalue weighted by molar-refractivity contribution is 5.92. The van der Waals surface area contributed by atoms with Crippen LogP contribution in [0, 0.1) is 0 Å². The van der Waals surface area contributed by atoms with E-state index in [0.29, 0.717) is 5.69 Å². The van der Waals surface area contributed by atoms with Crippen molar-refractivity contribution in [2.75, 3.05) is 0 Å². The number of carbonyl (C=O) groups is 4. The molecule has 0 radical (unpaired) electrons. The molecule has 0 aliphatic heterocycles. The monoisotopic (exact) mass is 384 g/mol. The van der Waals surface area contributed by atoms with Crippen LogP contribution in [0.5, 0.6) is 0 Å². The summed E-state index contributed by atoms with van der Waals surface area (Å²) in [5.41, 5.74) is 11.1. The number of imidazole rings is 1. The number of nitrogens with one attached hydrogen (secondary N) is 3. The van der Waals surface area contributed by atoms with Gasteiger partial charge in [0.05, 0.1) is 12.4 Å². The first-order valence-corrected chi connectivity index (χ1v) is 8.14. The molecule has 4 atom stereocenters. The van der Waals surface area contributed by atoms with Crippen LogP contribution in [0.25, 0.3) is 0 Å². The number of primary amides is 1. The molecule has 0 spiro atoms. The minimum Gasteiger partial charge on any atom is -0.480 e. The van der Waals surface area contributed by atoms with E-state index >= 15 is 0 Å². The van der Waals surface area contributed by atoms with Crippen LogP contribution >= 0.6 is 0 Å². The molecule has 150 valence electrons. The molecule has 1 aromatic heterocycles. The van der Waals surface area contributed by atoms with Crippen LogP contribution < -0.4 is 22.1 Å². The Balaban J connectivity index is 2.84. The highest BCUT2D eigenvalue weighted by Crippen LogP contribution is 2.03. The van der Waals surface area contributed by atoms with E-state index in [2.05, 4.69) is 20.6 Å². The Morgan fingerprint density at radius 3 is 2.33 bits per heavy atom. The summed E-state index contributed by atoms with van der Waals surface area (Å²) in [6.07, 6.45) is 1.16. The van der Waals surface area contributed by atoms with Gasteiger partial charge in [0.1, 0.15) is 18.1 Å². The van der Waals surface area contributed by atoms with Gasteiger partial charge in [0.25, 0.3) is 0 Å². The quantitative estimate of drug-likeness (QED) is 0.208. The zero-order valence-corrected chi connectivity index (χ0v) is 14.7. The van der Waals surface area contributed by atoms with Crippen molar-refractivity contribution < 1.29 is 29.4 Å². The number of nitrogens with zero attached hydrogens (tertiary/aromatic N) is 1. The number of nitrogens with two attached hydrogens (primary N) is 2. The number of hydrogen-bond donors (Lipinski definition) is 7. The number of aromatic nitrogens is 2. The molecule has 12 heteroatoms. The van der Waals surface area contributed by atoms with E-state index < -0.39 is 47.9 Å². The van der Waals surface area contributed by atoms with Crippen molar-refractivity contribution in [1.82, 2.24) is 20.6 Å². The van der Waals surface area contributed by atoms with Gasteiger partial charge in [0.2, 0.25) is 17.7 Å². The van der Waals surface area contributed by atoms with Gasteiger partial charge in [-0.05, 0) is 13.3 Å². The van der Waals surface area contributed by atoms with Crippen molar-refractivity contribution in [1.29, 1.82) is 0 Å². The third kappa shape index (κ3) is 7.42. The van der Waals surface area contributed by atoms with Gasteiger partial charge in [0.15, 0.2) is 0 Å². The van der Waals surface area contributed by atoms with Crippen molar-refractivity contribution in [3.8, 4) is 0 Å². The molecule has 0 fully saturated rings. The second-order valence-corrected chi connectivity index (χ2v) is 6.01. The molecule has 0 aliphatic carbocycles. The average Bonchev–Trinajstić information content (AvgIpc) is 3.09. The standard InChI is InChI=1S/C15H24N6O6/c1-7(22)12(17)14(25)20-9(2-3-11(16)23)13(24)21-10(15(26)27)4-8-5-18-6-19-8/h5-7,9-10,12,22H,2-4,17H2,1H3,(H2,16,23)(H,18,19)(H,20,25)(H,21,24)(H,26,27). The SMILES string of the molecule is CC(O)C(N)C(=O)NC(CCC(N)=O)C(=O)NC(Cc1cnc[nH]1)C(=O)O. The lowest BCUT2D eigenvalue weighted by Crippen LogP contribution is -2.56. The largest absolute Gasteiger partial charge is 0.480 e. The second-order valence-electron chi connectivity index (χ2n) is 6.01. The van der Waals surface area contributed by atoms with E-state index in [9.17, 15) is 29.4 Å². The average molecular weight is 384 g/mol. The first kappa shape index (κ1) is 22.1. The summed E-state index contributed by atoms with van der Waals surface area (Å²) in [6.45, 7) is 1.30. The number of aromatic amines is 1. The van der Waals surface area contributed by atoms with Crippen molar-refractivity contribution in [3.63, 3.8) is 0 Å². The van der Waals surface area contributed by atoms with Gasteiger partial charge in [-0.25, -0.2) is 9.78 Å². The van der Waals surface area contributed by atoms with E-state index in [4.69, 9.17) is 11.5 Å². The van der Waals surface area contributed by atoms with Crippen molar-refractivity contribution >= 4 is 23.7 Å². The van der Waals surface area contributed by atoms with Crippen LogP contribution in [0.15, 0.2) is 12.5 Å². The molecular weight excluding hydrogens is 360 g/mol. The number of carboxylic acid groups (broad SMARTS) is 1. The van der Waals surface area contributed by atoms with E-state index in [1.165, 1.54) is 19.4 Å². The fourth-order valence-electron chi connectivity index (χ4n) is 2.13. The van der Waals surface area contributed by atoms with Gasteiger partial charge in [-0.15, -0.1) is 0 Å². The van der Waals surface area contributed by atoms with Crippen molar-refractivity contribution in [3.05, 3.63) is 18.2 Å². The van der Waals surface area contributed by atoms with Gasteiger partial charge < -0.3 is 37.3 Å². The van der Waals surface area contributed by atoms with Crippen LogP contribution in [0.1, 0.15) is 25.5 Å². The van der Waals surface area contributed by atoms with Crippen LogP contribution in [0.3, 0.4) is 0 Å². The molecule has 27 heavy (non-hydrogen) atoms. The maximum absolute atomic E-state index is 12.5. The van der Waals surface area contributed by atoms with E-state index in [1.54, 1.807) is 0 Å². The minimum atomic E-state index is -1.30. The zero-order valence-electron chi connectivity index (χ0n) is 14.7. The van der Waals surface area contributed by atoms with Gasteiger partial charge in [-0.2, -0.15) is 0 Å². The number of carboxylic acids is 1. The van der Waals surface area contributed by atoms with Crippen LogP contribution in [0.4, 0.5) is 0 Å². The van der Waals surface area contributed by atoms with E-state index in [-0.39, 0.29) is 19.3 Å². The topological polar surface area (TPSA) is 214 Å². The van der Waals surface area contributed by atoms with E-state index in [0.717, 1.165) is 0 Å². The number of aliphatic hydroxyl groups is 1. The summed E-state index contributed by atoms with van der Waals surface area (Å²) in [6, 6.07) is -3.84. The second kappa shape index (κ2) is 10.2. The van der Waals surface area contributed by atoms with Crippen molar-refractivity contribution in [2.24, 2.45) is 11.5 Å². The zero-order chi connectivity index (χ0) is 20.6. The normalized spacial score (nSPS) is 15.2. The predicted octanol–water partition coefficient (Wildman–Crippen LogP) is -3.02. The number of aliphatic hydroxyl groups excluding tert-OH is 1. The lowest BCUT2D eigenvalue weighted by atomic mass is 10.1. The molecule has 1 aromatic rings. The van der Waals surface area contributed by atoms with Gasteiger partial charge >= 0.3 is 5.97 Å². The number of amides is 3. The predicted molar refractivity (Wildman–Crippen MR) is 91.9 cm³/mol. The Morgan fingerprint density at radius 2 is 1.85 bits per heavy atom. The number of carbonyl (C=O) groups excluding carboxylic acids is 3. The molecule has 0 saturated carbocycles. The maximum Gasteiger partial charge on any atom is 0.326 e. The summed E-state index contributed by atoms with van der Waals surface area (Å²) in [7, 11) is 0. The summed E-state index contributed by atoms with van der Waals surface area (Å²) >= 11 is 0. The lowest BCUT2D eigenvalue weighted by molar-refractivity contribution is -0.142. The summed E-state index contributed by atoms with van der Waals surface area (Å²) in [4.78, 5) is 53.4. The Labute approximate surface area is 154 Å². The highest BCUT2D eigenvalue weighted by atomic mass is 16.4. The molecule has 0 bridgehead atoms. The first-order chi connectivity index (χ1) is 12.6. The number of H-pyrrole nitrogens is 1. The molecule has 3 amide bonds. The highest BCUT2D eigenvalue weighted by Gasteiger charge is 2.29. The van der Waals surface area contributed by atoms with Gasteiger partial charge in [-0.3, -0.25) is 14.4 Å². The molecule has 1 rings (SSSR count). The molecule has 0 saturated heterocycles. The van der Waals surface area contributed by atoms with Crippen LogP contribution in [-0.2, 0) is 25.6 Å². The number of aliphatic carboxylic acids is 1. The first-order valence-electron chi connectivity index (χ1n) is 8.14. The van der Waals surface area contributed by atoms with E-state index in [1.807, 2.05) is 0 Å². The third-order valence-electron chi connectivity index (χ3n) is 3.73. The van der Waals surface area contributed by atoms with Gasteiger partial charge in [-0.1, -0.05) is 0 Å². The molecular formula is C15H24N6O6. The minimum absolute atomic E-state index is 0.0647. The third-order valence-corrected chi connectivity index (χ3v) is 3.73. The van der Waals surface area contributed by atoms with Crippen LogP contribution in [0.2, 0.25) is 0 Å². The fourth-order valence-corrected chi connectivity index (χ4v) is 2.13. The smallest absolute Gasteiger partial charge is 0.326 e. The van der Waals surface area contributed by atoms with Crippen molar-refractivity contribution in [2.45, 2.75) is 50.4 Å². The number of rotatable bonds is 11. The number of hydrogen-bond acceptors (Lipinski definition) is 7. The Morgan fingerprint density at radius 1 is 1.22 bits per heavy atom.